The summed E-state index contributed by atoms with van der Waals surface area (Å²) in [5.41, 5.74) is 7.22. The lowest BCUT2D eigenvalue weighted by Gasteiger charge is -2.38. The van der Waals surface area contributed by atoms with Crippen LogP contribution in [0.4, 0.5) is 0 Å². The normalized spacial score (nSPS) is 20.8. The maximum Gasteiger partial charge on any atom is 0.223 e. The number of carbonyl (C=O) groups excluding carboxylic acids is 1. The van der Waals surface area contributed by atoms with E-state index in [1.54, 1.807) is 0 Å². The SMILES string of the molecule is CC(N)C1CCCCN1C(=O)CCc1cccc(Br)c1. The van der Waals surface area contributed by atoms with Gasteiger partial charge in [-0.25, -0.2) is 0 Å². The second-order valence-electron chi connectivity index (χ2n) is 5.64. The Morgan fingerprint density at radius 3 is 3.00 bits per heavy atom. The van der Waals surface area contributed by atoms with Gasteiger partial charge < -0.3 is 10.6 Å². The Hall–Kier alpha value is -0.870. The maximum absolute atomic E-state index is 12.4. The highest BCUT2D eigenvalue weighted by Crippen LogP contribution is 2.21. The molecule has 0 saturated carbocycles. The average Bonchev–Trinajstić information content (AvgIpc) is 2.45. The van der Waals surface area contributed by atoms with Gasteiger partial charge in [0.05, 0.1) is 0 Å². The Morgan fingerprint density at radius 2 is 2.30 bits per heavy atom. The molecule has 1 fully saturated rings. The van der Waals surface area contributed by atoms with Gasteiger partial charge in [-0.3, -0.25) is 4.79 Å². The van der Waals surface area contributed by atoms with Gasteiger partial charge in [-0.2, -0.15) is 0 Å². The monoisotopic (exact) mass is 338 g/mol. The Kier molecular flexibility index (Phi) is 5.61. The fraction of sp³-hybridized carbons (Fsp3) is 0.562. The van der Waals surface area contributed by atoms with Crippen molar-refractivity contribution in [3.63, 3.8) is 0 Å². The van der Waals surface area contributed by atoms with E-state index >= 15 is 0 Å². The highest BCUT2D eigenvalue weighted by Gasteiger charge is 2.28. The molecule has 20 heavy (non-hydrogen) atoms. The van der Waals surface area contributed by atoms with Gasteiger partial charge in [0, 0.05) is 29.5 Å². The number of piperidine rings is 1. The van der Waals surface area contributed by atoms with E-state index in [0.29, 0.717) is 6.42 Å². The zero-order valence-electron chi connectivity index (χ0n) is 12.0. The summed E-state index contributed by atoms with van der Waals surface area (Å²) in [6.45, 7) is 2.87. The third-order valence-corrected chi connectivity index (χ3v) is 4.49. The number of nitrogens with two attached hydrogens (primary N) is 1. The fourth-order valence-corrected chi connectivity index (χ4v) is 3.35. The van der Waals surface area contributed by atoms with E-state index in [1.165, 1.54) is 12.0 Å². The van der Waals surface area contributed by atoms with Crippen LogP contribution in [0.15, 0.2) is 28.7 Å². The van der Waals surface area contributed by atoms with Crippen molar-refractivity contribution in [2.45, 2.75) is 51.1 Å². The average molecular weight is 339 g/mol. The summed E-state index contributed by atoms with van der Waals surface area (Å²) in [6.07, 6.45) is 4.69. The van der Waals surface area contributed by atoms with Gasteiger partial charge in [-0.1, -0.05) is 28.1 Å². The van der Waals surface area contributed by atoms with E-state index in [9.17, 15) is 4.79 Å². The molecular weight excluding hydrogens is 316 g/mol. The predicted octanol–water partition coefficient (Wildman–Crippen LogP) is 3.11. The summed E-state index contributed by atoms with van der Waals surface area (Å²) in [5, 5.41) is 0. The van der Waals surface area contributed by atoms with Crippen molar-refractivity contribution in [2.24, 2.45) is 5.73 Å². The maximum atomic E-state index is 12.4. The molecule has 3 nitrogen and oxygen atoms in total. The van der Waals surface area contributed by atoms with Crippen molar-refractivity contribution in [2.75, 3.05) is 6.54 Å². The quantitative estimate of drug-likeness (QED) is 0.916. The molecule has 1 aromatic rings. The molecule has 2 rings (SSSR count). The molecule has 1 aliphatic rings. The first-order valence-electron chi connectivity index (χ1n) is 7.37. The number of aryl methyl sites for hydroxylation is 1. The van der Waals surface area contributed by atoms with E-state index in [0.717, 1.165) is 30.3 Å². The third-order valence-electron chi connectivity index (χ3n) is 3.99. The van der Waals surface area contributed by atoms with E-state index in [2.05, 4.69) is 28.1 Å². The van der Waals surface area contributed by atoms with Crippen LogP contribution in [-0.4, -0.2) is 29.4 Å². The number of hydrogen-bond donors (Lipinski definition) is 1. The number of hydrogen-bond acceptors (Lipinski definition) is 2. The van der Waals surface area contributed by atoms with Crippen LogP contribution in [0.5, 0.6) is 0 Å². The minimum absolute atomic E-state index is 0.0603. The highest BCUT2D eigenvalue weighted by atomic mass is 79.9. The Bertz CT molecular complexity index is 462. The number of carbonyl (C=O) groups is 1. The van der Waals surface area contributed by atoms with Crippen LogP contribution < -0.4 is 5.73 Å². The molecule has 0 aromatic heterocycles. The number of amides is 1. The standard InChI is InChI=1S/C16H23BrN2O/c1-12(18)15-7-2-3-10-19(15)16(20)9-8-13-5-4-6-14(17)11-13/h4-6,11-12,15H,2-3,7-10,18H2,1H3. The molecule has 2 N–H and O–H groups in total. The first-order chi connectivity index (χ1) is 9.58. The van der Waals surface area contributed by atoms with Gasteiger partial charge >= 0.3 is 0 Å². The summed E-state index contributed by atoms with van der Waals surface area (Å²) in [6, 6.07) is 8.44. The van der Waals surface area contributed by atoms with Gasteiger partial charge in [0.1, 0.15) is 0 Å². The largest absolute Gasteiger partial charge is 0.338 e. The van der Waals surface area contributed by atoms with Gasteiger partial charge in [-0.05, 0) is 50.3 Å². The molecule has 2 atom stereocenters. The number of likely N-dealkylation sites (tertiary alicyclic amines) is 1. The van der Waals surface area contributed by atoms with Crippen molar-refractivity contribution < 1.29 is 4.79 Å². The topological polar surface area (TPSA) is 46.3 Å². The summed E-state index contributed by atoms with van der Waals surface area (Å²) >= 11 is 3.46. The zero-order valence-corrected chi connectivity index (χ0v) is 13.6. The lowest BCUT2D eigenvalue weighted by Crippen LogP contribution is -2.51. The van der Waals surface area contributed by atoms with E-state index < -0.39 is 0 Å². The molecule has 110 valence electrons. The van der Waals surface area contributed by atoms with Crippen molar-refractivity contribution in [3.8, 4) is 0 Å². The zero-order chi connectivity index (χ0) is 14.5. The van der Waals surface area contributed by atoms with Crippen LogP contribution in [0.1, 0.15) is 38.2 Å². The number of rotatable bonds is 4. The second kappa shape index (κ2) is 7.23. The molecule has 1 aromatic carbocycles. The smallest absolute Gasteiger partial charge is 0.223 e. The molecule has 4 heteroatoms. The third kappa shape index (κ3) is 4.06. The van der Waals surface area contributed by atoms with E-state index in [4.69, 9.17) is 5.73 Å². The van der Waals surface area contributed by atoms with Crippen molar-refractivity contribution >= 4 is 21.8 Å². The summed E-state index contributed by atoms with van der Waals surface area (Å²) in [4.78, 5) is 14.4. The molecule has 1 amide bonds. The summed E-state index contributed by atoms with van der Waals surface area (Å²) in [7, 11) is 0. The highest BCUT2D eigenvalue weighted by molar-refractivity contribution is 9.10. The van der Waals surface area contributed by atoms with Crippen LogP contribution in [0.25, 0.3) is 0 Å². The molecular formula is C16H23BrN2O. The van der Waals surface area contributed by atoms with Crippen LogP contribution in [-0.2, 0) is 11.2 Å². The molecule has 0 radical (unpaired) electrons. The first-order valence-corrected chi connectivity index (χ1v) is 8.16. The molecule has 0 bridgehead atoms. The predicted molar refractivity (Wildman–Crippen MR) is 85.5 cm³/mol. The van der Waals surface area contributed by atoms with Crippen molar-refractivity contribution in [1.82, 2.24) is 4.90 Å². The fourth-order valence-electron chi connectivity index (χ4n) is 2.90. The molecule has 1 heterocycles. The molecule has 2 unspecified atom stereocenters. The summed E-state index contributed by atoms with van der Waals surface area (Å²) < 4.78 is 1.06. The minimum Gasteiger partial charge on any atom is -0.338 e. The first kappa shape index (κ1) is 15.5. The van der Waals surface area contributed by atoms with Gasteiger partial charge in [0.2, 0.25) is 5.91 Å². The Balaban J connectivity index is 1.93. The van der Waals surface area contributed by atoms with Crippen LogP contribution >= 0.6 is 15.9 Å². The van der Waals surface area contributed by atoms with Crippen molar-refractivity contribution in [1.29, 1.82) is 0 Å². The number of benzene rings is 1. The van der Waals surface area contributed by atoms with Crippen LogP contribution in [0, 0.1) is 0 Å². The van der Waals surface area contributed by atoms with Crippen LogP contribution in [0.3, 0.4) is 0 Å². The van der Waals surface area contributed by atoms with E-state index in [-0.39, 0.29) is 18.0 Å². The van der Waals surface area contributed by atoms with Gasteiger partial charge in [0.15, 0.2) is 0 Å². The number of halogens is 1. The lowest BCUT2D eigenvalue weighted by molar-refractivity contribution is -0.135. The van der Waals surface area contributed by atoms with Gasteiger partial charge in [0.25, 0.3) is 0 Å². The number of nitrogens with zero attached hydrogens (tertiary/aromatic N) is 1. The minimum atomic E-state index is 0.0603. The summed E-state index contributed by atoms with van der Waals surface area (Å²) in [5.74, 6) is 0.243. The molecule has 1 saturated heterocycles. The molecule has 0 aliphatic carbocycles. The lowest BCUT2D eigenvalue weighted by atomic mass is 9.96. The second-order valence-corrected chi connectivity index (χ2v) is 6.55. The molecule has 1 aliphatic heterocycles. The van der Waals surface area contributed by atoms with Gasteiger partial charge in [-0.15, -0.1) is 0 Å². The molecule has 0 spiro atoms. The van der Waals surface area contributed by atoms with Crippen LogP contribution in [0.2, 0.25) is 0 Å². The van der Waals surface area contributed by atoms with Crippen molar-refractivity contribution in [3.05, 3.63) is 34.3 Å². The Labute approximate surface area is 129 Å². The van der Waals surface area contributed by atoms with E-state index in [1.807, 2.05) is 24.0 Å². The Morgan fingerprint density at radius 1 is 1.50 bits per heavy atom.